The standard InChI is InChI=1S/C29H30N4O/c1-21-8-2-3-9-23(21)20-33-16-13-22(14-17-33)19-31-29(34)25-18-28(27-12-6-7-15-30-27)32-26-11-5-4-10-24(25)26/h2-12,15,18,22H,13-14,16-17,19-20H2,1H3,(H,31,34). The maximum Gasteiger partial charge on any atom is 0.252 e. The molecule has 0 radical (unpaired) electrons. The number of piperidine rings is 1. The normalized spacial score (nSPS) is 14.9. The van der Waals surface area contributed by atoms with Crippen LogP contribution >= 0.6 is 0 Å². The molecule has 1 amide bonds. The van der Waals surface area contributed by atoms with Gasteiger partial charge in [-0.05, 0) is 74.2 Å². The topological polar surface area (TPSA) is 58.1 Å². The Balaban J connectivity index is 1.24. The van der Waals surface area contributed by atoms with Crippen molar-refractivity contribution in [1.29, 1.82) is 0 Å². The van der Waals surface area contributed by atoms with E-state index in [1.54, 1.807) is 6.20 Å². The average Bonchev–Trinajstić information content (AvgIpc) is 2.89. The summed E-state index contributed by atoms with van der Waals surface area (Å²) >= 11 is 0. The van der Waals surface area contributed by atoms with Gasteiger partial charge in [-0.1, -0.05) is 48.5 Å². The van der Waals surface area contributed by atoms with Crippen LogP contribution in [-0.2, 0) is 6.54 Å². The van der Waals surface area contributed by atoms with Gasteiger partial charge in [0.25, 0.3) is 5.91 Å². The Morgan fingerprint density at radius 1 is 0.971 bits per heavy atom. The number of nitrogens with one attached hydrogen (secondary N) is 1. The maximum absolute atomic E-state index is 13.3. The molecule has 1 fully saturated rings. The van der Waals surface area contributed by atoms with Crippen LogP contribution in [-0.4, -0.2) is 40.4 Å². The second kappa shape index (κ2) is 10.1. The summed E-state index contributed by atoms with van der Waals surface area (Å²) in [5.74, 6) is 0.457. The number of aromatic nitrogens is 2. The number of hydrogen-bond acceptors (Lipinski definition) is 4. The number of benzene rings is 2. The van der Waals surface area contributed by atoms with E-state index in [0.717, 1.165) is 49.1 Å². The van der Waals surface area contributed by atoms with Gasteiger partial charge in [-0.25, -0.2) is 4.98 Å². The number of hydrogen-bond donors (Lipinski definition) is 1. The van der Waals surface area contributed by atoms with Crippen molar-refractivity contribution in [3.05, 3.63) is 95.7 Å². The molecule has 1 N–H and O–H groups in total. The van der Waals surface area contributed by atoms with Crippen LogP contribution in [0.3, 0.4) is 0 Å². The minimum absolute atomic E-state index is 0.0434. The summed E-state index contributed by atoms with van der Waals surface area (Å²) in [7, 11) is 0. The molecule has 0 saturated carbocycles. The highest BCUT2D eigenvalue weighted by Gasteiger charge is 2.21. The molecule has 5 heteroatoms. The summed E-state index contributed by atoms with van der Waals surface area (Å²) in [6.07, 6.45) is 3.95. The van der Waals surface area contributed by atoms with Crippen LogP contribution in [0.5, 0.6) is 0 Å². The highest BCUT2D eigenvalue weighted by atomic mass is 16.1. The largest absolute Gasteiger partial charge is 0.352 e. The molecule has 5 nitrogen and oxygen atoms in total. The van der Waals surface area contributed by atoms with Crippen molar-refractivity contribution in [2.24, 2.45) is 5.92 Å². The first-order chi connectivity index (χ1) is 16.7. The number of carbonyl (C=O) groups excluding carboxylic acids is 1. The lowest BCUT2D eigenvalue weighted by Crippen LogP contribution is -2.38. The Morgan fingerprint density at radius 2 is 1.74 bits per heavy atom. The number of amides is 1. The Bertz CT molecular complexity index is 1280. The fraction of sp³-hybridized carbons (Fsp3) is 0.276. The Morgan fingerprint density at radius 3 is 2.53 bits per heavy atom. The van der Waals surface area contributed by atoms with Crippen molar-refractivity contribution in [2.75, 3.05) is 19.6 Å². The lowest BCUT2D eigenvalue weighted by atomic mass is 9.95. The number of likely N-dealkylation sites (tertiary alicyclic amines) is 1. The molecule has 1 aliphatic rings. The molecule has 2 aromatic heterocycles. The van der Waals surface area contributed by atoms with Crippen molar-refractivity contribution < 1.29 is 4.79 Å². The quantitative estimate of drug-likeness (QED) is 0.436. The zero-order valence-corrected chi connectivity index (χ0v) is 19.6. The number of aryl methyl sites for hydroxylation is 1. The maximum atomic E-state index is 13.3. The molecule has 0 spiro atoms. The Kier molecular flexibility index (Phi) is 6.63. The molecule has 0 bridgehead atoms. The zero-order valence-electron chi connectivity index (χ0n) is 19.6. The molecular weight excluding hydrogens is 420 g/mol. The lowest BCUT2D eigenvalue weighted by molar-refractivity contribution is 0.0937. The fourth-order valence-electron chi connectivity index (χ4n) is 4.72. The van der Waals surface area contributed by atoms with E-state index in [0.29, 0.717) is 23.7 Å². The monoisotopic (exact) mass is 450 g/mol. The van der Waals surface area contributed by atoms with E-state index in [-0.39, 0.29) is 5.91 Å². The average molecular weight is 451 g/mol. The first-order valence-corrected chi connectivity index (χ1v) is 12.0. The smallest absolute Gasteiger partial charge is 0.252 e. The van der Waals surface area contributed by atoms with Crippen LogP contribution in [0.15, 0.2) is 79.0 Å². The summed E-state index contributed by atoms with van der Waals surface area (Å²) in [4.78, 5) is 24.9. The second-order valence-electron chi connectivity index (χ2n) is 9.14. The SMILES string of the molecule is Cc1ccccc1CN1CCC(CNC(=O)c2cc(-c3ccccn3)nc3ccccc23)CC1. The molecule has 34 heavy (non-hydrogen) atoms. The van der Waals surface area contributed by atoms with Crippen molar-refractivity contribution in [3.8, 4) is 11.4 Å². The highest BCUT2D eigenvalue weighted by Crippen LogP contribution is 2.24. The first-order valence-electron chi connectivity index (χ1n) is 12.0. The third-order valence-corrected chi connectivity index (χ3v) is 6.80. The number of nitrogens with zero attached hydrogens (tertiary/aromatic N) is 3. The van der Waals surface area contributed by atoms with Crippen LogP contribution in [0, 0.1) is 12.8 Å². The van der Waals surface area contributed by atoms with Gasteiger partial charge in [-0.2, -0.15) is 0 Å². The van der Waals surface area contributed by atoms with E-state index in [1.165, 1.54) is 11.1 Å². The van der Waals surface area contributed by atoms with E-state index >= 15 is 0 Å². The van der Waals surface area contributed by atoms with E-state index in [1.807, 2.05) is 48.5 Å². The zero-order chi connectivity index (χ0) is 23.3. The van der Waals surface area contributed by atoms with Crippen molar-refractivity contribution in [2.45, 2.75) is 26.3 Å². The van der Waals surface area contributed by atoms with E-state index in [9.17, 15) is 4.79 Å². The van der Waals surface area contributed by atoms with Crippen LogP contribution in [0.4, 0.5) is 0 Å². The van der Waals surface area contributed by atoms with E-state index in [2.05, 4.69) is 46.4 Å². The van der Waals surface area contributed by atoms with E-state index < -0.39 is 0 Å². The summed E-state index contributed by atoms with van der Waals surface area (Å²) < 4.78 is 0. The molecule has 1 saturated heterocycles. The minimum Gasteiger partial charge on any atom is -0.352 e. The summed E-state index contributed by atoms with van der Waals surface area (Å²) in [5.41, 5.74) is 5.70. The van der Waals surface area contributed by atoms with Crippen molar-refractivity contribution >= 4 is 16.8 Å². The van der Waals surface area contributed by atoms with Gasteiger partial charge in [0.1, 0.15) is 0 Å². The van der Waals surface area contributed by atoms with Gasteiger partial charge < -0.3 is 5.32 Å². The van der Waals surface area contributed by atoms with Gasteiger partial charge in [-0.3, -0.25) is 14.7 Å². The van der Waals surface area contributed by atoms with Gasteiger partial charge in [0.05, 0.1) is 22.5 Å². The van der Waals surface area contributed by atoms with Crippen molar-refractivity contribution in [1.82, 2.24) is 20.2 Å². The van der Waals surface area contributed by atoms with Gasteiger partial charge in [0.2, 0.25) is 0 Å². The Labute approximate surface area is 200 Å². The van der Waals surface area contributed by atoms with Crippen molar-refractivity contribution in [3.63, 3.8) is 0 Å². The molecule has 2 aromatic carbocycles. The van der Waals surface area contributed by atoms with Crippen LogP contribution in [0.1, 0.15) is 34.3 Å². The number of fused-ring (bicyclic) bond motifs is 1. The van der Waals surface area contributed by atoms with Gasteiger partial charge in [0.15, 0.2) is 0 Å². The predicted molar refractivity (Wildman–Crippen MR) is 136 cm³/mol. The highest BCUT2D eigenvalue weighted by molar-refractivity contribution is 6.07. The third-order valence-electron chi connectivity index (χ3n) is 6.80. The number of pyridine rings is 2. The Hall–Kier alpha value is -3.57. The van der Waals surface area contributed by atoms with Gasteiger partial charge in [0, 0.05) is 24.7 Å². The molecule has 5 rings (SSSR count). The summed E-state index contributed by atoms with van der Waals surface area (Å²) in [5, 5.41) is 4.08. The number of para-hydroxylation sites is 1. The molecule has 172 valence electrons. The molecule has 0 atom stereocenters. The lowest BCUT2D eigenvalue weighted by Gasteiger charge is -2.32. The van der Waals surface area contributed by atoms with Gasteiger partial charge >= 0.3 is 0 Å². The van der Waals surface area contributed by atoms with Gasteiger partial charge in [-0.15, -0.1) is 0 Å². The summed E-state index contributed by atoms with van der Waals surface area (Å²) in [6, 6.07) is 24.0. The fourth-order valence-corrected chi connectivity index (χ4v) is 4.72. The number of carbonyl (C=O) groups is 1. The molecule has 1 aliphatic heterocycles. The summed E-state index contributed by atoms with van der Waals surface area (Å²) in [6.45, 7) is 6.02. The molecule has 0 unspecified atom stereocenters. The molecule has 0 aliphatic carbocycles. The minimum atomic E-state index is -0.0434. The number of rotatable bonds is 6. The van der Waals surface area contributed by atoms with Crippen LogP contribution < -0.4 is 5.32 Å². The van der Waals surface area contributed by atoms with Crippen LogP contribution in [0.2, 0.25) is 0 Å². The molecule has 3 heterocycles. The second-order valence-corrected chi connectivity index (χ2v) is 9.14. The third kappa shape index (κ3) is 5.00. The van der Waals surface area contributed by atoms with Crippen LogP contribution in [0.25, 0.3) is 22.3 Å². The molecular formula is C29H30N4O. The molecule has 4 aromatic rings. The first kappa shape index (κ1) is 22.2. The predicted octanol–water partition coefficient (Wildman–Crippen LogP) is 5.25. The van der Waals surface area contributed by atoms with E-state index in [4.69, 9.17) is 4.98 Å².